The lowest BCUT2D eigenvalue weighted by Crippen LogP contribution is -2.70. The van der Waals surface area contributed by atoms with E-state index in [4.69, 9.17) is 23.7 Å². The van der Waals surface area contributed by atoms with Crippen LogP contribution in [0.25, 0.3) is 5.76 Å². The lowest BCUT2D eigenvalue weighted by atomic mass is 9.54. The first-order chi connectivity index (χ1) is 16.7. The van der Waals surface area contributed by atoms with E-state index >= 15 is 0 Å². The Morgan fingerprint density at radius 3 is 2.31 bits per heavy atom. The number of phenols is 1. The van der Waals surface area contributed by atoms with Crippen LogP contribution in [0.1, 0.15) is 24.0 Å². The lowest BCUT2D eigenvalue weighted by molar-refractivity contribution is -0.169. The van der Waals surface area contributed by atoms with Gasteiger partial charge in [-0.2, -0.15) is 0 Å². The van der Waals surface area contributed by atoms with Crippen molar-refractivity contribution in [1.29, 1.82) is 0 Å². The number of fused-ring (bicyclic) bond motifs is 3. The van der Waals surface area contributed by atoms with Crippen LogP contribution in [0, 0.1) is 11.8 Å². The third-order valence-corrected chi connectivity index (χ3v) is 7.49. The number of carbonyl (C=O) groups is 3. The highest BCUT2D eigenvalue weighted by molar-refractivity contribution is 7.80. The van der Waals surface area contributed by atoms with Crippen molar-refractivity contribution >= 4 is 46.3 Å². The van der Waals surface area contributed by atoms with Gasteiger partial charge in [0.1, 0.15) is 22.8 Å². The summed E-state index contributed by atoms with van der Waals surface area (Å²) in [5.74, 6) is -9.55. The second kappa shape index (κ2) is 8.27. The van der Waals surface area contributed by atoms with E-state index in [1.54, 1.807) is 13.0 Å². The molecule has 3 aliphatic rings. The highest BCUT2D eigenvalue weighted by Crippen LogP contribution is 2.56. The molecule has 4 rings (SSSR count). The molecule has 0 heterocycles. The van der Waals surface area contributed by atoms with E-state index in [-0.39, 0.29) is 16.4 Å². The average Bonchev–Trinajstić information content (AvgIpc) is 2.77. The van der Waals surface area contributed by atoms with Gasteiger partial charge in [0.2, 0.25) is 5.78 Å². The number of aliphatic hydroxyl groups is 4. The highest BCUT2D eigenvalue weighted by atomic mass is 32.1. The number of aliphatic hydroxyl groups excluding tert-OH is 3. The number of phenolic OH excluding ortho intramolecular Hbond substituents is 1. The quantitative estimate of drug-likeness (QED) is 0.139. The van der Waals surface area contributed by atoms with Gasteiger partial charge in [0.05, 0.1) is 29.3 Å². The number of carbonyl (C=O) groups excluding carboxylic acids is 3. The summed E-state index contributed by atoms with van der Waals surface area (Å²) in [6.45, 7) is 1.64. The molecule has 10 N–H and O–H groups in total. The number of anilines is 1. The molecule has 0 aliphatic heterocycles. The van der Waals surface area contributed by atoms with Crippen molar-refractivity contribution in [1.82, 2.24) is 4.90 Å². The third-order valence-electron chi connectivity index (χ3n) is 7.39. The fourth-order valence-corrected chi connectivity index (χ4v) is 5.96. The minimum absolute atomic E-state index is 0.0362. The SMILES string of the molecule is C[C@H]1c2ccc(NC(N)=S)c(O)c2C(O)=C2C(=O)[C@]3(O)C(O)=C(C(N)=O)C(=O)[C@@H](N(C)C)C3[C@@H](O)C21. The van der Waals surface area contributed by atoms with E-state index in [2.05, 4.69) is 5.32 Å². The normalized spacial score (nSPS) is 31.7. The number of thiocarbonyl (C=S) groups is 1. The van der Waals surface area contributed by atoms with Crippen LogP contribution in [0.3, 0.4) is 0 Å². The summed E-state index contributed by atoms with van der Waals surface area (Å²) in [5.41, 5.74) is 6.60. The standard InChI is InChI=1S/C23H26N4O8S/c1-6-7-4-5-8(26-22(25)36)15(28)10(7)16(29)11-9(6)17(30)13-14(27(2)3)18(31)12(21(24)34)20(33)23(13,35)19(11)32/h4-6,9,13-14,17,28-30,33,35H,1-3H3,(H2,24,34)(H3,25,26,36)/t6-,9?,13?,14-,17-,23-/m0/s1. The van der Waals surface area contributed by atoms with Crippen LogP contribution in [0.2, 0.25) is 0 Å². The van der Waals surface area contributed by atoms with Gasteiger partial charge in [-0.05, 0) is 43.9 Å². The molecule has 12 nitrogen and oxygen atoms in total. The third kappa shape index (κ3) is 3.17. The predicted molar refractivity (Wildman–Crippen MR) is 131 cm³/mol. The Morgan fingerprint density at radius 1 is 1.17 bits per heavy atom. The molecule has 1 aromatic carbocycles. The zero-order valence-corrected chi connectivity index (χ0v) is 20.3. The molecule has 2 unspecified atom stereocenters. The molecular weight excluding hydrogens is 492 g/mol. The van der Waals surface area contributed by atoms with Crippen molar-refractivity contribution in [3.63, 3.8) is 0 Å². The number of nitrogens with zero attached hydrogens (tertiary/aromatic N) is 1. The number of nitrogens with one attached hydrogen (secondary N) is 1. The molecular formula is C23H26N4O8S. The summed E-state index contributed by atoms with van der Waals surface area (Å²) in [6, 6.07) is 1.59. The van der Waals surface area contributed by atoms with Crippen LogP contribution in [0.4, 0.5) is 5.69 Å². The molecule has 6 atom stereocenters. The minimum atomic E-state index is -2.96. The van der Waals surface area contributed by atoms with E-state index in [1.165, 1.54) is 25.1 Å². The summed E-state index contributed by atoms with van der Waals surface area (Å²) in [4.78, 5) is 40.3. The van der Waals surface area contributed by atoms with E-state index in [1.807, 2.05) is 0 Å². The van der Waals surface area contributed by atoms with E-state index in [0.29, 0.717) is 5.56 Å². The first-order valence-corrected chi connectivity index (χ1v) is 11.3. The largest absolute Gasteiger partial charge is 0.508 e. The molecule has 36 heavy (non-hydrogen) atoms. The topological polar surface area (TPSA) is 220 Å². The van der Waals surface area contributed by atoms with Gasteiger partial charge in [-0.1, -0.05) is 13.0 Å². The van der Waals surface area contributed by atoms with Gasteiger partial charge in [-0.3, -0.25) is 19.3 Å². The number of aromatic hydroxyl groups is 1. The molecule has 3 aliphatic carbocycles. The molecule has 0 saturated heterocycles. The Kier molecular flexibility index (Phi) is 5.87. The van der Waals surface area contributed by atoms with Crippen LogP contribution in [-0.2, 0) is 14.4 Å². The highest BCUT2D eigenvalue weighted by Gasteiger charge is 2.68. The van der Waals surface area contributed by atoms with E-state index < -0.39 is 81.4 Å². The first-order valence-electron chi connectivity index (χ1n) is 10.9. The maximum atomic E-state index is 13.9. The second-order valence-corrected chi connectivity index (χ2v) is 9.90. The Balaban J connectivity index is 2.04. The number of amides is 1. The summed E-state index contributed by atoms with van der Waals surface area (Å²) in [6.07, 6.45) is -1.66. The lowest BCUT2D eigenvalue weighted by Gasteiger charge is -2.53. The van der Waals surface area contributed by atoms with Gasteiger partial charge >= 0.3 is 0 Å². The molecule has 1 saturated carbocycles. The van der Waals surface area contributed by atoms with Crippen molar-refractivity contribution in [2.45, 2.75) is 30.6 Å². The molecule has 0 bridgehead atoms. The van der Waals surface area contributed by atoms with Crippen LogP contribution in [0.15, 0.2) is 29.0 Å². The van der Waals surface area contributed by atoms with Crippen molar-refractivity contribution in [3.8, 4) is 5.75 Å². The molecule has 0 radical (unpaired) electrons. The van der Waals surface area contributed by atoms with Crippen molar-refractivity contribution < 1.29 is 39.9 Å². The number of nitrogens with two attached hydrogens (primary N) is 2. The number of benzene rings is 1. The minimum Gasteiger partial charge on any atom is -0.508 e. The van der Waals surface area contributed by atoms with Crippen molar-refractivity contribution in [3.05, 3.63) is 40.2 Å². The van der Waals surface area contributed by atoms with Crippen molar-refractivity contribution in [2.75, 3.05) is 19.4 Å². The zero-order chi connectivity index (χ0) is 27.0. The van der Waals surface area contributed by atoms with Gasteiger partial charge in [-0.15, -0.1) is 0 Å². The number of ketones is 2. The Labute approximate surface area is 210 Å². The monoisotopic (exact) mass is 518 g/mol. The maximum Gasteiger partial charge on any atom is 0.255 e. The number of rotatable bonds is 3. The molecule has 1 amide bonds. The van der Waals surface area contributed by atoms with Crippen LogP contribution >= 0.6 is 12.2 Å². The number of primary amides is 1. The molecule has 1 fully saturated rings. The smallest absolute Gasteiger partial charge is 0.255 e. The number of hydrogen-bond donors (Lipinski definition) is 8. The first kappa shape index (κ1) is 25.6. The van der Waals surface area contributed by atoms with Gasteiger partial charge in [0.25, 0.3) is 5.91 Å². The van der Waals surface area contributed by atoms with E-state index in [0.717, 1.165) is 0 Å². The molecule has 1 aromatic rings. The zero-order valence-electron chi connectivity index (χ0n) is 19.5. The predicted octanol–water partition coefficient (Wildman–Crippen LogP) is -0.849. The van der Waals surface area contributed by atoms with Gasteiger partial charge in [0, 0.05) is 11.5 Å². The molecule has 192 valence electrons. The maximum absolute atomic E-state index is 13.9. The second-order valence-electron chi connectivity index (χ2n) is 9.46. The van der Waals surface area contributed by atoms with Gasteiger partial charge in [0.15, 0.2) is 16.5 Å². The van der Waals surface area contributed by atoms with E-state index in [9.17, 15) is 39.9 Å². The molecule has 13 heteroatoms. The molecule has 0 spiro atoms. The number of hydrogen-bond acceptors (Lipinski definition) is 10. The van der Waals surface area contributed by atoms with Gasteiger partial charge in [-0.25, -0.2) is 0 Å². The summed E-state index contributed by atoms with van der Waals surface area (Å²) in [7, 11) is 2.88. The Bertz CT molecular complexity index is 1310. The molecule has 0 aromatic heterocycles. The Hall–Kier alpha value is -3.52. The van der Waals surface area contributed by atoms with Crippen LogP contribution in [0.5, 0.6) is 5.75 Å². The number of likely N-dealkylation sites (N-methyl/N-ethyl adjacent to an activating group) is 1. The van der Waals surface area contributed by atoms with Crippen molar-refractivity contribution in [2.24, 2.45) is 23.3 Å². The summed E-state index contributed by atoms with van der Waals surface area (Å²) >= 11 is 4.80. The summed E-state index contributed by atoms with van der Waals surface area (Å²) < 4.78 is 0. The fourth-order valence-electron chi connectivity index (χ4n) is 5.85. The van der Waals surface area contributed by atoms with Crippen LogP contribution < -0.4 is 16.8 Å². The van der Waals surface area contributed by atoms with Crippen LogP contribution in [-0.4, -0.2) is 84.9 Å². The summed E-state index contributed by atoms with van der Waals surface area (Å²) in [5, 5.41) is 58.5. The number of Topliss-reactive ketones (excluding diaryl/α,β-unsaturated/α-hetero) is 2. The van der Waals surface area contributed by atoms with Gasteiger partial charge < -0.3 is 42.3 Å². The fraction of sp³-hybridized carbons (Fsp3) is 0.391. The Morgan fingerprint density at radius 2 is 1.78 bits per heavy atom. The average molecular weight is 519 g/mol.